The Morgan fingerprint density at radius 2 is 1.87 bits per heavy atom. The number of amides is 1. The zero-order valence-electron chi connectivity index (χ0n) is 21.4. The van der Waals surface area contributed by atoms with E-state index in [0.29, 0.717) is 28.5 Å². The standard InChI is InChI=1S/C23H23N5O4S2.CH5N.CH2O/c1-24-13-19-26-27-21(32-19)20(34(2,30)31)22-25-17-8-7-15(12-18(17)33-22)14-5-3-6-16(11-14)23(29)28-9-4-10-28;2*1-2/h3,5-8,11-12,20,24H,4,9-10,13H2,1-2H3;2H2,1H3;1H2. The van der Waals surface area contributed by atoms with Gasteiger partial charge in [0.2, 0.25) is 11.8 Å². The van der Waals surface area contributed by atoms with Crippen LogP contribution in [0, 0.1) is 0 Å². The molecule has 0 saturated carbocycles. The maximum Gasteiger partial charge on any atom is 0.253 e. The summed E-state index contributed by atoms with van der Waals surface area (Å²) >= 11 is 1.28. The molecule has 1 saturated heterocycles. The highest BCUT2D eigenvalue weighted by molar-refractivity contribution is 7.91. The number of carbonyl (C=O) groups excluding carboxylic acids is 2. The summed E-state index contributed by atoms with van der Waals surface area (Å²) < 4.78 is 31.7. The van der Waals surface area contributed by atoms with Gasteiger partial charge in [-0.15, -0.1) is 21.5 Å². The van der Waals surface area contributed by atoms with Crippen LogP contribution in [-0.2, 0) is 21.2 Å². The number of nitrogens with zero attached hydrogens (tertiary/aromatic N) is 4. The van der Waals surface area contributed by atoms with Crippen molar-refractivity contribution in [3.63, 3.8) is 0 Å². The molecule has 0 radical (unpaired) electrons. The van der Waals surface area contributed by atoms with E-state index in [1.165, 1.54) is 18.4 Å². The van der Waals surface area contributed by atoms with E-state index in [-0.39, 0.29) is 11.8 Å². The molecule has 4 aromatic rings. The first-order valence-corrected chi connectivity index (χ1v) is 14.4. The number of nitrogens with one attached hydrogen (secondary N) is 1. The minimum absolute atomic E-state index is 0.00392. The molecule has 1 aliphatic heterocycles. The van der Waals surface area contributed by atoms with Crippen molar-refractivity contribution in [3.05, 3.63) is 64.8 Å². The Bertz CT molecular complexity index is 1500. The number of carbonyl (C=O) groups is 2. The molecule has 1 unspecified atom stereocenters. The summed E-state index contributed by atoms with van der Waals surface area (Å²) in [7, 11) is -0.378. The van der Waals surface area contributed by atoms with Crippen molar-refractivity contribution in [2.45, 2.75) is 18.2 Å². The van der Waals surface area contributed by atoms with Crippen LogP contribution in [0.25, 0.3) is 21.3 Å². The molecule has 0 aliphatic carbocycles. The maximum absolute atomic E-state index is 12.6. The van der Waals surface area contributed by atoms with E-state index >= 15 is 0 Å². The van der Waals surface area contributed by atoms with Crippen molar-refractivity contribution in [1.82, 2.24) is 25.4 Å². The van der Waals surface area contributed by atoms with Crippen LogP contribution in [0.15, 0.2) is 46.9 Å². The van der Waals surface area contributed by atoms with Crippen LogP contribution in [0.1, 0.15) is 38.8 Å². The first-order chi connectivity index (χ1) is 18.3. The molecule has 1 atom stereocenters. The Labute approximate surface area is 225 Å². The van der Waals surface area contributed by atoms with Crippen LogP contribution in [0.4, 0.5) is 0 Å². The predicted molar refractivity (Wildman–Crippen MR) is 147 cm³/mol. The molecule has 0 bridgehead atoms. The average molecular weight is 559 g/mol. The predicted octanol–water partition coefficient (Wildman–Crippen LogP) is 2.44. The molecule has 11 nitrogen and oxygen atoms in total. The number of hydrogen-bond acceptors (Lipinski definition) is 11. The minimum Gasteiger partial charge on any atom is -0.422 e. The van der Waals surface area contributed by atoms with Gasteiger partial charge in [-0.3, -0.25) is 4.79 Å². The normalized spacial score (nSPS) is 13.5. The van der Waals surface area contributed by atoms with Crippen molar-refractivity contribution in [2.75, 3.05) is 33.4 Å². The maximum atomic E-state index is 12.6. The first kappa shape index (κ1) is 29.0. The highest BCUT2D eigenvalue weighted by atomic mass is 32.2. The fraction of sp³-hybridized carbons (Fsp3) is 0.320. The molecule has 0 spiro atoms. The zero-order chi connectivity index (χ0) is 27.9. The third-order valence-corrected chi connectivity index (χ3v) is 8.19. The molecule has 1 fully saturated rings. The topological polar surface area (TPSA) is 161 Å². The molecular formula is C25H30N6O5S2. The molecule has 202 valence electrons. The van der Waals surface area contributed by atoms with Gasteiger partial charge in [-0.05, 0) is 55.9 Å². The van der Waals surface area contributed by atoms with Gasteiger partial charge in [0.15, 0.2) is 15.1 Å². The molecule has 2 aromatic carbocycles. The highest BCUT2D eigenvalue weighted by Crippen LogP contribution is 2.36. The summed E-state index contributed by atoms with van der Waals surface area (Å²) in [6.07, 6.45) is 2.18. The second-order valence-corrected chi connectivity index (χ2v) is 11.4. The Balaban J connectivity index is 0.000000956. The van der Waals surface area contributed by atoms with Gasteiger partial charge >= 0.3 is 0 Å². The number of hydrogen-bond donors (Lipinski definition) is 2. The summed E-state index contributed by atoms with van der Waals surface area (Å²) in [6.45, 7) is 3.94. The highest BCUT2D eigenvalue weighted by Gasteiger charge is 2.33. The Kier molecular flexibility index (Phi) is 9.80. The lowest BCUT2D eigenvalue weighted by atomic mass is 10.0. The van der Waals surface area contributed by atoms with E-state index in [0.717, 1.165) is 41.6 Å². The summed E-state index contributed by atoms with van der Waals surface area (Å²) in [5.41, 5.74) is 7.68. The van der Waals surface area contributed by atoms with Gasteiger partial charge in [-0.25, -0.2) is 13.4 Å². The fourth-order valence-corrected chi connectivity index (χ4v) is 6.37. The number of aromatic nitrogens is 3. The molecular weight excluding hydrogens is 528 g/mol. The summed E-state index contributed by atoms with van der Waals surface area (Å²) in [4.78, 5) is 27.0. The van der Waals surface area contributed by atoms with E-state index in [9.17, 15) is 13.2 Å². The lowest BCUT2D eigenvalue weighted by molar-refractivity contribution is -0.0980. The molecule has 1 amide bonds. The van der Waals surface area contributed by atoms with E-state index in [1.807, 2.05) is 54.2 Å². The van der Waals surface area contributed by atoms with E-state index in [2.05, 4.69) is 26.2 Å². The Morgan fingerprint density at radius 3 is 2.50 bits per heavy atom. The molecule has 5 rings (SSSR count). The van der Waals surface area contributed by atoms with Crippen LogP contribution < -0.4 is 11.1 Å². The van der Waals surface area contributed by atoms with Crippen molar-refractivity contribution in [1.29, 1.82) is 0 Å². The van der Waals surface area contributed by atoms with Crippen LogP contribution >= 0.6 is 11.3 Å². The number of benzene rings is 2. The zero-order valence-corrected chi connectivity index (χ0v) is 23.0. The SMILES string of the molecule is C=O.CN.CNCc1nnc(C(c2nc3ccc(-c4cccc(C(=O)N5CCC5)c4)cc3s2)S(C)(=O)=O)o1. The summed E-state index contributed by atoms with van der Waals surface area (Å²) in [5.74, 6) is 0.355. The van der Waals surface area contributed by atoms with E-state index in [4.69, 9.17) is 9.21 Å². The molecule has 3 heterocycles. The lowest BCUT2D eigenvalue weighted by Gasteiger charge is -2.31. The summed E-state index contributed by atoms with van der Waals surface area (Å²) in [6, 6.07) is 13.3. The van der Waals surface area contributed by atoms with Crippen molar-refractivity contribution < 1.29 is 22.4 Å². The van der Waals surface area contributed by atoms with Gasteiger partial charge < -0.3 is 25.2 Å². The molecule has 13 heteroatoms. The average Bonchev–Trinajstić information content (AvgIpc) is 3.51. The van der Waals surface area contributed by atoms with Gasteiger partial charge in [0.05, 0.1) is 16.8 Å². The van der Waals surface area contributed by atoms with Gasteiger partial charge in [0.25, 0.3) is 5.91 Å². The van der Waals surface area contributed by atoms with Crippen LogP contribution in [0.3, 0.4) is 0 Å². The fourth-order valence-electron chi connectivity index (χ4n) is 3.83. The third-order valence-electron chi connectivity index (χ3n) is 5.68. The van der Waals surface area contributed by atoms with Gasteiger partial charge in [-0.2, -0.15) is 0 Å². The Hall–Kier alpha value is -3.52. The number of thiazole rings is 1. The number of sulfone groups is 1. The van der Waals surface area contributed by atoms with Gasteiger partial charge in [-0.1, -0.05) is 18.2 Å². The Morgan fingerprint density at radius 1 is 1.16 bits per heavy atom. The lowest BCUT2D eigenvalue weighted by Crippen LogP contribution is -2.41. The number of nitrogens with two attached hydrogens (primary N) is 1. The van der Waals surface area contributed by atoms with E-state index in [1.54, 1.807) is 7.05 Å². The van der Waals surface area contributed by atoms with Crippen molar-refractivity contribution in [2.24, 2.45) is 5.73 Å². The minimum atomic E-state index is -3.61. The number of likely N-dealkylation sites (tertiary alicyclic amines) is 1. The van der Waals surface area contributed by atoms with Crippen molar-refractivity contribution >= 4 is 44.1 Å². The monoisotopic (exact) mass is 558 g/mol. The second-order valence-electron chi connectivity index (χ2n) is 8.24. The van der Waals surface area contributed by atoms with Crippen LogP contribution in [0.5, 0.6) is 0 Å². The van der Waals surface area contributed by atoms with Gasteiger partial charge in [0.1, 0.15) is 11.8 Å². The second kappa shape index (κ2) is 12.8. The van der Waals surface area contributed by atoms with Crippen LogP contribution in [-0.4, -0.2) is 74.6 Å². The third kappa shape index (κ3) is 6.30. The molecule has 3 N–H and O–H groups in total. The van der Waals surface area contributed by atoms with Crippen LogP contribution in [0.2, 0.25) is 0 Å². The van der Waals surface area contributed by atoms with E-state index < -0.39 is 15.1 Å². The number of fused-ring (bicyclic) bond motifs is 1. The molecule has 1 aliphatic rings. The molecule has 2 aromatic heterocycles. The largest absolute Gasteiger partial charge is 0.422 e. The van der Waals surface area contributed by atoms with Gasteiger partial charge in [0, 0.05) is 24.9 Å². The van der Waals surface area contributed by atoms with Crippen molar-refractivity contribution in [3.8, 4) is 11.1 Å². The first-order valence-electron chi connectivity index (χ1n) is 11.7. The quantitative estimate of drug-likeness (QED) is 0.345. The summed E-state index contributed by atoms with van der Waals surface area (Å²) in [5, 5.41) is 10.0. The number of rotatable bonds is 7. The smallest absolute Gasteiger partial charge is 0.253 e. The molecule has 38 heavy (non-hydrogen) atoms.